The summed E-state index contributed by atoms with van der Waals surface area (Å²) >= 11 is 0. The molecule has 0 aliphatic heterocycles. The van der Waals surface area contributed by atoms with E-state index in [0.29, 0.717) is 28.9 Å². The highest BCUT2D eigenvalue weighted by atomic mass is 19.4. The third-order valence-electron chi connectivity index (χ3n) is 5.50. The lowest BCUT2D eigenvalue weighted by Gasteiger charge is -2.28. The van der Waals surface area contributed by atoms with Crippen LogP contribution in [0.3, 0.4) is 0 Å². The van der Waals surface area contributed by atoms with Gasteiger partial charge in [0, 0.05) is 24.2 Å². The van der Waals surface area contributed by atoms with E-state index in [9.17, 15) is 18.0 Å². The van der Waals surface area contributed by atoms with Crippen LogP contribution in [-0.4, -0.2) is 32.2 Å². The molecule has 9 heteroatoms. The van der Waals surface area contributed by atoms with Crippen LogP contribution < -0.4 is 0 Å². The minimum atomic E-state index is -4.42. The van der Waals surface area contributed by atoms with Crippen LogP contribution in [0.4, 0.5) is 13.2 Å². The number of hydrogen-bond donors (Lipinski definition) is 0. The van der Waals surface area contributed by atoms with Crippen molar-refractivity contribution in [3.63, 3.8) is 0 Å². The van der Waals surface area contributed by atoms with Gasteiger partial charge in [-0.15, -0.1) is 0 Å². The molecule has 3 aromatic heterocycles. The Hall–Kier alpha value is -3.75. The lowest BCUT2D eigenvalue weighted by Crippen LogP contribution is -2.38. The largest absolute Gasteiger partial charge is 0.465 e. The second kappa shape index (κ2) is 8.65. The second-order valence-corrected chi connectivity index (χ2v) is 7.79. The number of fused-ring (bicyclic) bond motifs is 1. The van der Waals surface area contributed by atoms with Gasteiger partial charge in [-0.2, -0.15) is 18.3 Å². The first-order chi connectivity index (χ1) is 15.7. The Balaban J connectivity index is 1.81. The summed E-state index contributed by atoms with van der Waals surface area (Å²) in [5, 5.41) is 4.42. The minimum Gasteiger partial charge on any atom is -0.465 e. The van der Waals surface area contributed by atoms with E-state index in [1.54, 1.807) is 49.1 Å². The molecular formula is C24H21F3N4O2. The van der Waals surface area contributed by atoms with Crippen LogP contribution in [0.1, 0.15) is 30.7 Å². The van der Waals surface area contributed by atoms with Crippen LogP contribution in [0.5, 0.6) is 0 Å². The van der Waals surface area contributed by atoms with E-state index in [4.69, 9.17) is 4.74 Å². The van der Waals surface area contributed by atoms with Crippen LogP contribution in [0.25, 0.3) is 16.8 Å². The standard InChI is InChI=1S/C24H21F3N4O2/c1-3-33-22(32)23(2,13-16-5-4-11-28-14-16)20-10-12-29-21-19(15-30-31(20)21)17-6-8-18(9-7-17)24(25,26)27/h4-12,14-15H,3,13H2,1-2H3. The highest BCUT2D eigenvalue weighted by Crippen LogP contribution is 2.34. The summed E-state index contributed by atoms with van der Waals surface area (Å²) in [6, 6.07) is 10.2. The maximum atomic E-state index is 13.1. The molecular weight excluding hydrogens is 433 g/mol. The molecule has 0 aliphatic carbocycles. The number of alkyl halides is 3. The number of halogens is 3. The molecule has 1 aromatic carbocycles. The van der Waals surface area contributed by atoms with Crippen molar-refractivity contribution in [2.24, 2.45) is 0 Å². The predicted octanol–water partition coefficient (Wildman–Crippen LogP) is 4.87. The molecule has 0 N–H and O–H groups in total. The molecule has 0 spiro atoms. The van der Waals surface area contributed by atoms with Crippen molar-refractivity contribution in [1.29, 1.82) is 0 Å². The molecule has 0 saturated heterocycles. The number of rotatable bonds is 6. The number of aromatic nitrogens is 4. The van der Waals surface area contributed by atoms with Gasteiger partial charge in [-0.05, 0) is 55.7 Å². The molecule has 0 amide bonds. The van der Waals surface area contributed by atoms with Crippen LogP contribution in [0.15, 0.2) is 67.3 Å². The molecule has 1 unspecified atom stereocenters. The van der Waals surface area contributed by atoms with Crippen molar-refractivity contribution < 1.29 is 22.7 Å². The molecule has 0 bridgehead atoms. The molecule has 0 radical (unpaired) electrons. The van der Waals surface area contributed by atoms with Crippen LogP contribution >= 0.6 is 0 Å². The number of hydrogen-bond acceptors (Lipinski definition) is 5. The average molecular weight is 454 g/mol. The van der Waals surface area contributed by atoms with E-state index in [-0.39, 0.29) is 6.61 Å². The fraction of sp³-hybridized carbons (Fsp3) is 0.250. The smallest absolute Gasteiger partial charge is 0.416 e. The lowest BCUT2D eigenvalue weighted by atomic mass is 9.80. The van der Waals surface area contributed by atoms with Gasteiger partial charge in [0.15, 0.2) is 5.65 Å². The normalized spacial score (nSPS) is 13.6. The van der Waals surface area contributed by atoms with Crippen molar-refractivity contribution >= 4 is 11.6 Å². The Morgan fingerprint density at radius 2 is 1.82 bits per heavy atom. The molecule has 33 heavy (non-hydrogen) atoms. The lowest BCUT2D eigenvalue weighted by molar-refractivity contribution is -0.149. The number of esters is 1. The fourth-order valence-corrected chi connectivity index (χ4v) is 3.82. The highest BCUT2D eigenvalue weighted by Gasteiger charge is 2.40. The first kappa shape index (κ1) is 22.4. The van der Waals surface area contributed by atoms with Crippen molar-refractivity contribution in [3.8, 4) is 11.1 Å². The topological polar surface area (TPSA) is 69.4 Å². The maximum absolute atomic E-state index is 13.1. The van der Waals surface area contributed by atoms with Gasteiger partial charge in [-0.1, -0.05) is 18.2 Å². The summed E-state index contributed by atoms with van der Waals surface area (Å²) in [5.74, 6) is -0.423. The number of carbonyl (C=O) groups is 1. The zero-order valence-electron chi connectivity index (χ0n) is 18.0. The van der Waals surface area contributed by atoms with Gasteiger partial charge in [-0.3, -0.25) is 9.78 Å². The van der Waals surface area contributed by atoms with Gasteiger partial charge >= 0.3 is 12.1 Å². The predicted molar refractivity (Wildman–Crippen MR) is 115 cm³/mol. The molecule has 0 saturated carbocycles. The molecule has 170 valence electrons. The van der Waals surface area contributed by atoms with Gasteiger partial charge in [0.05, 0.1) is 24.1 Å². The zero-order valence-corrected chi connectivity index (χ0v) is 18.0. The van der Waals surface area contributed by atoms with Gasteiger partial charge < -0.3 is 4.74 Å². The molecule has 4 rings (SSSR count). The summed E-state index contributed by atoms with van der Waals surface area (Å²) in [5.41, 5.74) is 1.06. The maximum Gasteiger partial charge on any atom is 0.416 e. The average Bonchev–Trinajstić information content (AvgIpc) is 3.23. The molecule has 4 aromatic rings. The van der Waals surface area contributed by atoms with E-state index in [0.717, 1.165) is 17.7 Å². The Morgan fingerprint density at radius 3 is 2.45 bits per heavy atom. The number of benzene rings is 1. The Bertz CT molecular complexity index is 1270. The number of nitrogens with zero attached hydrogens (tertiary/aromatic N) is 4. The number of carbonyl (C=O) groups excluding carboxylic acids is 1. The number of ether oxygens (including phenoxy) is 1. The molecule has 1 atom stereocenters. The first-order valence-corrected chi connectivity index (χ1v) is 10.3. The summed E-state index contributed by atoms with van der Waals surface area (Å²) in [7, 11) is 0. The van der Waals surface area contributed by atoms with Gasteiger partial charge in [0.2, 0.25) is 0 Å². The van der Waals surface area contributed by atoms with E-state index in [2.05, 4.69) is 15.1 Å². The quantitative estimate of drug-likeness (QED) is 0.389. The summed E-state index contributed by atoms with van der Waals surface area (Å²) in [6.45, 7) is 3.72. The fourth-order valence-electron chi connectivity index (χ4n) is 3.82. The van der Waals surface area contributed by atoms with Crippen molar-refractivity contribution in [3.05, 3.63) is 84.1 Å². The second-order valence-electron chi connectivity index (χ2n) is 7.79. The van der Waals surface area contributed by atoms with Gasteiger partial charge in [-0.25, -0.2) is 9.50 Å². The Kier molecular flexibility index (Phi) is 5.88. The number of pyridine rings is 1. The Labute approximate surface area is 188 Å². The molecule has 0 aliphatic rings. The Morgan fingerprint density at radius 1 is 1.06 bits per heavy atom. The van der Waals surface area contributed by atoms with Crippen LogP contribution in [0.2, 0.25) is 0 Å². The van der Waals surface area contributed by atoms with E-state index >= 15 is 0 Å². The summed E-state index contributed by atoms with van der Waals surface area (Å²) in [6.07, 6.45) is 2.32. The third-order valence-corrected chi connectivity index (χ3v) is 5.50. The third kappa shape index (κ3) is 4.30. The highest BCUT2D eigenvalue weighted by molar-refractivity contribution is 5.84. The van der Waals surface area contributed by atoms with Gasteiger partial charge in [0.25, 0.3) is 0 Å². The summed E-state index contributed by atoms with van der Waals surface area (Å²) < 4.78 is 45.8. The summed E-state index contributed by atoms with van der Waals surface area (Å²) in [4.78, 5) is 21.6. The zero-order chi connectivity index (χ0) is 23.6. The van der Waals surface area contributed by atoms with Gasteiger partial charge in [0.1, 0.15) is 5.41 Å². The monoisotopic (exact) mass is 454 g/mol. The van der Waals surface area contributed by atoms with Crippen LogP contribution in [0, 0.1) is 0 Å². The van der Waals surface area contributed by atoms with Crippen molar-refractivity contribution in [2.75, 3.05) is 6.61 Å². The van der Waals surface area contributed by atoms with E-state index in [1.807, 2.05) is 6.07 Å². The van der Waals surface area contributed by atoms with E-state index in [1.165, 1.54) is 18.3 Å². The SMILES string of the molecule is CCOC(=O)C(C)(Cc1cccnc1)c1ccnc2c(-c3ccc(C(F)(F)F)cc3)cnn12. The van der Waals surface area contributed by atoms with Crippen LogP contribution in [-0.2, 0) is 27.5 Å². The molecule has 3 heterocycles. The molecule has 6 nitrogen and oxygen atoms in total. The minimum absolute atomic E-state index is 0.214. The van der Waals surface area contributed by atoms with E-state index < -0.39 is 23.1 Å². The van der Waals surface area contributed by atoms with Crippen molar-refractivity contribution in [1.82, 2.24) is 19.6 Å². The molecule has 0 fully saturated rings. The first-order valence-electron chi connectivity index (χ1n) is 10.3. The van der Waals surface area contributed by atoms with Crippen molar-refractivity contribution in [2.45, 2.75) is 31.9 Å².